The predicted octanol–water partition coefficient (Wildman–Crippen LogP) is 3.47. The van der Waals surface area contributed by atoms with Crippen LogP contribution in [0.4, 0.5) is 18.0 Å². The largest absolute Gasteiger partial charge is 0.432 e. The molecule has 0 fully saturated rings. The summed E-state index contributed by atoms with van der Waals surface area (Å²) in [5.41, 5.74) is -3.00. The van der Waals surface area contributed by atoms with E-state index in [-0.39, 0.29) is 10.6 Å². The lowest BCUT2D eigenvalue weighted by molar-refractivity contribution is -0.257. The average molecular weight is 282 g/mol. The molecule has 1 aromatic carbocycles. The molecule has 0 spiro atoms. The first-order valence-electron chi connectivity index (χ1n) is 4.94. The molecule has 18 heavy (non-hydrogen) atoms. The number of alkyl halides is 3. The highest BCUT2D eigenvalue weighted by molar-refractivity contribution is 6.30. The van der Waals surface area contributed by atoms with Gasteiger partial charge in [-0.15, -0.1) is 0 Å². The van der Waals surface area contributed by atoms with Crippen molar-refractivity contribution in [3.05, 3.63) is 34.9 Å². The smallest absolute Gasteiger partial charge is 0.429 e. The van der Waals surface area contributed by atoms with E-state index in [0.29, 0.717) is 0 Å². The number of rotatable bonds is 2. The molecule has 1 unspecified atom stereocenters. The molecule has 0 aliphatic carbocycles. The van der Waals surface area contributed by atoms with Gasteiger partial charge in [-0.25, -0.2) is 4.79 Å². The monoisotopic (exact) mass is 281 g/mol. The zero-order valence-corrected chi connectivity index (χ0v) is 10.4. The third-order valence-corrected chi connectivity index (χ3v) is 2.65. The van der Waals surface area contributed by atoms with Crippen molar-refractivity contribution in [2.75, 3.05) is 7.05 Å². The summed E-state index contributed by atoms with van der Waals surface area (Å²) in [6.07, 6.45) is -5.93. The molecule has 1 aromatic rings. The topological polar surface area (TPSA) is 38.3 Å². The molecule has 0 radical (unpaired) electrons. The third-order valence-electron chi connectivity index (χ3n) is 2.42. The van der Waals surface area contributed by atoms with Gasteiger partial charge in [0.1, 0.15) is 0 Å². The lowest BCUT2D eigenvalue weighted by atomic mass is 9.95. The van der Waals surface area contributed by atoms with Gasteiger partial charge in [0.25, 0.3) is 0 Å². The zero-order chi connectivity index (χ0) is 14.0. The Labute approximate surface area is 107 Å². The van der Waals surface area contributed by atoms with Gasteiger partial charge in [0.2, 0.25) is 5.60 Å². The first kappa shape index (κ1) is 14.6. The summed E-state index contributed by atoms with van der Waals surface area (Å²) >= 11 is 5.65. The summed E-state index contributed by atoms with van der Waals surface area (Å²) in [5, 5.41) is 2.11. The highest BCUT2D eigenvalue weighted by Crippen LogP contribution is 2.42. The van der Waals surface area contributed by atoms with E-state index in [2.05, 4.69) is 4.74 Å². The van der Waals surface area contributed by atoms with Crippen LogP contribution in [0.5, 0.6) is 0 Å². The van der Waals surface area contributed by atoms with Crippen LogP contribution in [0.15, 0.2) is 24.3 Å². The standard InChI is InChI=1S/C11H11ClF3NO2/c1-10(11(13,14)15,18-9(17)16-2)7-4-3-5-8(12)6-7/h3-6H,1-2H3,(H,16,17). The Morgan fingerprint density at radius 1 is 1.39 bits per heavy atom. The molecular formula is C11H11ClF3NO2. The van der Waals surface area contributed by atoms with Gasteiger partial charge in [-0.2, -0.15) is 13.2 Å². The molecule has 0 saturated heterocycles. The molecule has 0 aliphatic heterocycles. The maximum Gasteiger partial charge on any atom is 0.432 e. The van der Waals surface area contributed by atoms with E-state index in [1.165, 1.54) is 25.2 Å². The first-order chi connectivity index (χ1) is 8.20. The molecule has 1 atom stereocenters. The number of benzene rings is 1. The van der Waals surface area contributed by atoms with Crippen LogP contribution in [-0.2, 0) is 10.3 Å². The Hall–Kier alpha value is -1.43. The molecule has 0 aromatic heterocycles. The van der Waals surface area contributed by atoms with Crippen LogP contribution in [0.2, 0.25) is 5.02 Å². The molecular weight excluding hydrogens is 271 g/mol. The minimum atomic E-state index is -4.76. The van der Waals surface area contributed by atoms with Gasteiger partial charge in [0, 0.05) is 17.6 Å². The summed E-state index contributed by atoms with van der Waals surface area (Å²) in [4.78, 5) is 11.1. The van der Waals surface area contributed by atoms with Gasteiger partial charge >= 0.3 is 12.3 Å². The van der Waals surface area contributed by atoms with Crippen LogP contribution < -0.4 is 5.32 Å². The third kappa shape index (κ3) is 2.87. The number of amides is 1. The van der Waals surface area contributed by atoms with Crippen molar-refractivity contribution in [1.82, 2.24) is 5.32 Å². The second-order valence-corrected chi connectivity index (χ2v) is 4.12. The van der Waals surface area contributed by atoms with E-state index < -0.39 is 17.9 Å². The van der Waals surface area contributed by atoms with Crippen LogP contribution in [0.25, 0.3) is 0 Å². The molecule has 1 amide bonds. The van der Waals surface area contributed by atoms with Crippen molar-refractivity contribution in [3.8, 4) is 0 Å². The van der Waals surface area contributed by atoms with E-state index in [1.807, 2.05) is 5.32 Å². The summed E-state index contributed by atoms with van der Waals surface area (Å²) in [5.74, 6) is 0. The summed E-state index contributed by atoms with van der Waals surface area (Å²) in [6.45, 7) is 0.772. The fraction of sp³-hybridized carbons (Fsp3) is 0.364. The minimum Gasteiger partial charge on any atom is -0.429 e. The number of hydrogen-bond donors (Lipinski definition) is 1. The van der Waals surface area contributed by atoms with E-state index in [9.17, 15) is 18.0 Å². The summed E-state index contributed by atoms with van der Waals surface area (Å²) in [7, 11) is 1.18. The van der Waals surface area contributed by atoms with Gasteiger partial charge in [-0.05, 0) is 19.1 Å². The lowest BCUT2D eigenvalue weighted by Gasteiger charge is -2.31. The highest BCUT2D eigenvalue weighted by Gasteiger charge is 2.56. The van der Waals surface area contributed by atoms with Crippen molar-refractivity contribution in [2.24, 2.45) is 0 Å². The summed E-state index contributed by atoms with van der Waals surface area (Å²) in [6, 6.07) is 5.09. The van der Waals surface area contributed by atoms with Gasteiger partial charge in [0.05, 0.1) is 0 Å². The maximum atomic E-state index is 13.1. The molecule has 0 bridgehead atoms. The van der Waals surface area contributed by atoms with Crippen LogP contribution in [0.1, 0.15) is 12.5 Å². The molecule has 1 rings (SSSR count). The number of hydrogen-bond acceptors (Lipinski definition) is 2. The Kier molecular flexibility index (Phi) is 4.11. The van der Waals surface area contributed by atoms with Gasteiger partial charge in [-0.1, -0.05) is 23.7 Å². The number of carbonyl (C=O) groups is 1. The normalized spacial score (nSPS) is 14.8. The van der Waals surface area contributed by atoms with Crippen molar-refractivity contribution < 1.29 is 22.7 Å². The minimum absolute atomic E-state index is 0.128. The Morgan fingerprint density at radius 3 is 2.44 bits per heavy atom. The van der Waals surface area contributed by atoms with Crippen LogP contribution in [-0.4, -0.2) is 19.3 Å². The van der Waals surface area contributed by atoms with E-state index >= 15 is 0 Å². The van der Waals surface area contributed by atoms with E-state index in [0.717, 1.165) is 13.0 Å². The first-order valence-corrected chi connectivity index (χ1v) is 5.32. The molecule has 0 heterocycles. The molecule has 0 aliphatic rings. The molecule has 7 heteroatoms. The fourth-order valence-electron chi connectivity index (χ4n) is 1.30. The molecule has 1 N–H and O–H groups in total. The van der Waals surface area contributed by atoms with Crippen molar-refractivity contribution in [1.29, 1.82) is 0 Å². The number of ether oxygens (including phenoxy) is 1. The van der Waals surface area contributed by atoms with Crippen LogP contribution in [0, 0.1) is 0 Å². The van der Waals surface area contributed by atoms with Crippen molar-refractivity contribution in [2.45, 2.75) is 18.7 Å². The summed E-state index contributed by atoms with van der Waals surface area (Å²) < 4.78 is 43.7. The van der Waals surface area contributed by atoms with Crippen molar-refractivity contribution >= 4 is 17.7 Å². The average Bonchev–Trinajstić information content (AvgIpc) is 2.27. The molecule has 100 valence electrons. The fourth-order valence-corrected chi connectivity index (χ4v) is 1.49. The van der Waals surface area contributed by atoms with E-state index in [4.69, 9.17) is 11.6 Å². The van der Waals surface area contributed by atoms with E-state index in [1.54, 1.807) is 0 Å². The second kappa shape index (κ2) is 5.06. The SMILES string of the molecule is CNC(=O)OC(C)(c1cccc(Cl)c1)C(F)(F)F. The number of carbonyl (C=O) groups excluding carboxylic acids is 1. The van der Waals surface area contributed by atoms with Gasteiger partial charge in [0.15, 0.2) is 0 Å². The Morgan fingerprint density at radius 2 is 2.00 bits per heavy atom. The van der Waals surface area contributed by atoms with Gasteiger partial charge < -0.3 is 10.1 Å². The Balaban J connectivity index is 3.25. The highest BCUT2D eigenvalue weighted by atomic mass is 35.5. The van der Waals surface area contributed by atoms with Crippen LogP contribution >= 0.6 is 11.6 Å². The van der Waals surface area contributed by atoms with Crippen LogP contribution in [0.3, 0.4) is 0 Å². The lowest BCUT2D eigenvalue weighted by Crippen LogP contribution is -2.45. The molecule has 3 nitrogen and oxygen atoms in total. The number of halogens is 4. The van der Waals surface area contributed by atoms with Gasteiger partial charge in [-0.3, -0.25) is 0 Å². The Bertz CT molecular complexity index is 450. The quantitative estimate of drug-likeness (QED) is 0.901. The zero-order valence-electron chi connectivity index (χ0n) is 9.64. The number of nitrogens with one attached hydrogen (secondary N) is 1. The number of alkyl carbamates (subject to hydrolysis) is 1. The van der Waals surface area contributed by atoms with Crippen molar-refractivity contribution in [3.63, 3.8) is 0 Å². The predicted molar refractivity (Wildman–Crippen MR) is 60.4 cm³/mol. The second-order valence-electron chi connectivity index (χ2n) is 3.68. The maximum absolute atomic E-state index is 13.1. The molecule has 0 saturated carbocycles.